The van der Waals surface area contributed by atoms with E-state index in [2.05, 4.69) is 15.3 Å². The molecule has 4 atom stereocenters. The zero-order valence-electron chi connectivity index (χ0n) is 21.4. The van der Waals surface area contributed by atoms with E-state index in [4.69, 9.17) is 19.2 Å². The molecule has 6 rings (SSSR count). The first kappa shape index (κ1) is 25.0. The van der Waals surface area contributed by atoms with Crippen molar-refractivity contribution in [3.8, 4) is 11.5 Å². The van der Waals surface area contributed by atoms with Gasteiger partial charge in [0.05, 0.1) is 39.8 Å². The number of nitrogens with zero attached hydrogens (tertiary/aromatic N) is 5. The van der Waals surface area contributed by atoms with Gasteiger partial charge in [0.25, 0.3) is 0 Å². The van der Waals surface area contributed by atoms with Crippen LogP contribution in [0, 0.1) is 0 Å². The van der Waals surface area contributed by atoms with Crippen LogP contribution in [0.15, 0.2) is 64.8 Å². The second-order valence-electron chi connectivity index (χ2n) is 9.48. The fourth-order valence-electron chi connectivity index (χ4n) is 5.30. The molecule has 0 spiro atoms. The lowest BCUT2D eigenvalue weighted by atomic mass is 9.85. The van der Waals surface area contributed by atoms with Gasteiger partial charge in [-0.05, 0) is 35.4 Å². The Hall–Kier alpha value is -4.26. The lowest BCUT2D eigenvalue weighted by Crippen LogP contribution is -2.45. The van der Waals surface area contributed by atoms with Crippen LogP contribution in [-0.2, 0) is 16.8 Å². The van der Waals surface area contributed by atoms with Gasteiger partial charge in [-0.3, -0.25) is 9.47 Å². The van der Waals surface area contributed by atoms with Crippen LogP contribution < -0.4 is 14.8 Å². The van der Waals surface area contributed by atoms with Crippen LogP contribution in [0.2, 0.25) is 0 Å². The number of aliphatic hydroxyl groups excluding tert-OH is 2. The number of ether oxygens (including phenoxy) is 3. The van der Waals surface area contributed by atoms with Crippen LogP contribution in [0.25, 0.3) is 0 Å². The summed E-state index contributed by atoms with van der Waals surface area (Å²) in [4.78, 5) is 29.2. The molecule has 3 aliphatic rings. The predicted molar refractivity (Wildman–Crippen MR) is 140 cm³/mol. The molecule has 4 unspecified atom stereocenters. The van der Waals surface area contributed by atoms with Crippen molar-refractivity contribution in [2.24, 2.45) is 9.98 Å². The molecule has 2 aromatic carbocycles. The van der Waals surface area contributed by atoms with Crippen LogP contribution in [0.5, 0.6) is 11.5 Å². The maximum absolute atomic E-state index is 13.6. The molecule has 4 heterocycles. The number of urea groups is 1. The standard InChI is InChI=1S/C27H28N6O6/c1-37-18-7-3-16(4-8-18)12-32-25-27(31-26(32)36,17-5-9-19(38-2)10-6-17)23-24(28-14-29-25)33(15-30-23)22-11-20(35)21(13-34)39-22/h3-10,14-15,20-22,34-35H,11-13H2,1-2H3,(H,31,36). The van der Waals surface area contributed by atoms with Crippen molar-refractivity contribution in [1.29, 1.82) is 0 Å². The fraction of sp³-hybridized carbons (Fsp3) is 0.333. The van der Waals surface area contributed by atoms with Crippen LogP contribution in [0.4, 0.5) is 10.6 Å². The van der Waals surface area contributed by atoms with Gasteiger partial charge in [0.2, 0.25) is 0 Å². The van der Waals surface area contributed by atoms with E-state index < -0.39 is 24.0 Å². The maximum atomic E-state index is 13.6. The maximum Gasteiger partial charge on any atom is 0.324 e. The van der Waals surface area contributed by atoms with Gasteiger partial charge in [0.15, 0.2) is 17.2 Å². The molecule has 3 aromatic rings. The van der Waals surface area contributed by atoms with Gasteiger partial charge in [0, 0.05) is 6.42 Å². The van der Waals surface area contributed by atoms with E-state index in [1.807, 2.05) is 48.5 Å². The SMILES string of the molecule is COc1ccc(CN2C(=O)NC3(c4ccc(OC)cc4)C2=NC=Nc2c3ncn2C2CC(O)C(CO)O2)cc1. The molecule has 202 valence electrons. The molecule has 2 amide bonds. The summed E-state index contributed by atoms with van der Waals surface area (Å²) in [5.41, 5.74) is 0.788. The molecule has 0 aliphatic carbocycles. The van der Waals surface area contributed by atoms with Crippen LogP contribution in [-0.4, -0.2) is 75.9 Å². The monoisotopic (exact) mass is 532 g/mol. The molecule has 39 heavy (non-hydrogen) atoms. The Kier molecular flexibility index (Phi) is 6.29. The van der Waals surface area contributed by atoms with Crippen LogP contribution in [0.3, 0.4) is 0 Å². The van der Waals surface area contributed by atoms with Gasteiger partial charge in [0.1, 0.15) is 35.9 Å². The molecule has 1 aromatic heterocycles. The Labute approximate surface area is 224 Å². The quantitative estimate of drug-likeness (QED) is 0.423. The van der Waals surface area contributed by atoms with E-state index in [9.17, 15) is 15.0 Å². The molecule has 12 heteroatoms. The normalized spacial score (nSPS) is 25.5. The fourth-order valence-corrected chi connectivity index (χ4v) is 5.30. The average molecular weight is 533 g/mol. The minimum absolute atomic E-state index is 0.253. The summed E-state index contributed by atoms with van der Waals surface area (Å²) in [6.45, 7) is -0.0518. The first-order chi connectivity index (χ1) is 19.0. The summed E-state index contributed by atoms with van der Waals surface area (Å²) >= 11 is 0. The predicted octanol–water partition coefficient (Wildman–Crippen LogP) is 2.08. The topological polar surface area (TPSA) is 143 Å². The van der Waals surface area contributed by atoms with Gasteiger partial charge in [-0.2, -0.15) is 0 Å². The summed E-state index contributed by atoms with van der Waals surface area (Å²) in [7, 11) is 3.19. The molecule has 0 saturated carbocycles. The van der Waals surface area contributed by atoms with E-state index in [0.29, 0.717) is 34.4 Å². The highest BCUT2D eigenvalue weighted by molar-refractivity contribution is 6.15. The first-order valence-corrected chi connectivity index (χ1v) is 12.5. The van der Waals surface area contributed by atoms with E-state index in [-0.39, 0.29) is 25.6 Å². The first-order valence-electron chi connectivity index (χ1n) is 12.5. The van der Waals surface area contributed by atoms with Crippen LogP contribution in [0.1, 0.15) is 29.5 Å². The molecular formula is C27H28N6O6. The minimum atomic E-state index is -1.26. The third-order valence-electron chi connectivity index (χ3n) is 7.33. The number of imidazole rings is 1. The van der Waals surface area contributed by atoms with Crippen molar-refractivity contribution >= 4 is 24.0 Å². The molecule has 0 radical (unpaired) electrons. The largest absolute Gasteiger partial charge is 0.497 e. The lowest BCUT2D eigenvalue weighted by molar-refractivity contribution is -0.0438. The highest BCUT2D eigenvalue weighted by Crippen LogP contribution is 2.44. The van der Waals surface area contributed by atoms with Crippen molar-refractivity contribution < 1.29 is 29.2 Å². The Balaban J connectivity index is 1.46. The van der Waals surface area contributed by atoms with E-state index in [0.717, 1.165) is 5.56 Å². The van der Waals surface area contributed by atoms with Gasteiger partial charge in [-0.15, -0.1) is 0 Å². The van der Waals surface area contributed by atoms with Gasteiger partial charge in [-0.25, -0.2) is 19.8 Å². The number of nitrogens with one attached hydrogen (secondary N) is 1. The number of methoxy groups -OCH3 is 2. The number of amides is 2. The van der Waals surface area contributed by atoms with Gasteiger partial charge in [-0.1, -0.05) is 24.3 Å². The van der Waals surface area contributed by atoms with Gasteiger partial charge >= 0.3 is 6.03 Å². The molecular weight excluding hydrogens is 504 g/mol. The van der Waals surface area contributed by atoms with E-state index in [1.54, 1.807) is 30.0 Å². The number of carbonyl (C=O) groups excluding carboxylic acids is 1. The zero-order valence-corrected chi connectivity index (χ0v) is 21.4. The summed E-state index contributed by atoms with van der Waals surface area (Å²) < 4.78 is 18.2. The highest BCUT2D eigenvalue weighted by atomic mass is 16.5. The number of amidine groups is 1. The highest BCUT2D eigenvalue weighted by Gasteiger charge is 2.55. The number of fused-ring (bicyclic) bond motifs is 3. The smallest absolute Gasteiger partial charge is 0.324 e. The molecule has 0 bridgehead atoms. The van der Waals surface area contributed by atoms with Crippen molar-refractivity contribution in [3.63, 3.8) is 0 Å². The van der Waals surface area contributed by atoms with E-state index in [1.165, 1.54) is 6.34 Å². The van der Waals surface area contributed by atoms with Crippen molar-refractivity contribution in [2.45, 2.75) is 36.9 Å². The summed E-state index contributed by atoms with van der Waals surface area (Å²) in [5.74, 6) is 2.22. The Morgan fingerprint density at radius 3 is 2.44 bits per heavy atom. The van der Waals surface area contributed by atoms with Crippen molar-refractivity contribution in [3.05, 3.63) is 71.7 Å². The summed E-state index contributed by atoms with van der Waals surface area (Å²) in [5, 5.41) is 23.0. The number of hydrogen-bond acceptors (Lipinski definition) is 9. The second-order valence-corrected chi connectivity index (χ2v) is 9.48. The minimum Gasteiger partial charge on any atom is -0.497 e. The average Bonchev–Trinajstić information content (AvgIpc) is 3.60. The zero-order chi connectivity index (χ0) is 27.1. The number of aliphatic imine (C=N–C) groups is 2. The number of aromatic nitrogens is 2. The molecule has 3 aliphatic heterocycles. The molecule has 12 nitrogen and oxygen atoms in total. The molecule has 2 saturated heterocycles. The Morgan fingerprint density at radius 1 is 1.10 bits per heavy atom. The second kappa shape index (κ2) is 9.80. The number of hydrogen-bond donors (Lipinski definition) is 3. The van der Waals surface area contributed by atoms with Crippen molar-refractivity contribution in [1.82, 2.24) is 19.8 Å². The Morgan fingerprint density at radius 2 is 1.79 bits per heavy atom. The van der Waals surface area contributed by atoms with E-state index >= 15 is 0 Å². The lowest BCUT2D eigenvalue weighted by Gasteiger charge is -2.29. The number of benzene rings is 2. The number of aliphatic hydroxyl groups is 2. The third kappa shape index (κ3) is 4.04. The van der Waals surface area contributed by atoms with Crippen molar-refractivity contribution in [2.75, 3.05) is 20.8 Å². The van der Waals surface area contributed by atoms with Crippen LogP contribution >= 0.6 is 0 Å². The van der Waals surface area contributed by atoms with Gasteiger partial charge < -0.3 is 29.7 Å². The third-order valence-corrected chi connectivity index (χ3v) is 7.33. The summed E-state index contributed by atoms with van der Waals surface area (Å²) in [6, 6.07) is 14.5. The summed E-state index contributed by atoms with van der Waals surface area (Å²) in [6.07, 6.45) is 1.08. The number of rotatable bonds is 7. The number of carbonyl (C=O) groups is 1. The Bertz CT molecular complexity index is 1440. The molecule has 3 N–H and O–H groups in total. The molecule has 2 fully saturated rings.